The van der Waals surface area contributed by atoms with Crippen molar-refractivity contribution >= 4 is 28.1 Å². The molecule has 2 aliphatic rings. The topological polar surface area (TPSA) is 83.7 Å². The number of carbonyl (C=O) groups is 1. The number of amides is 1. The molecule has 0 aliphatic carbocycles. The molecule has 7 nitrogen and oxygen atoms in total. The second-order valence-corrected chi connectivity index (χ2v) is 11.8. The van der Waals surface area contributed by atoms with Crippen molar-refractivity contribution in [2.75, 3.05) is 19.6 Å². The molecule has 4 rings (SSSR count). The van der Waals surface area contributed by atoms with Gasteiger partial charge in [0, 0.05) is 25.7 Å². The highest BCUT2D eigenvalue weighted by atomic mass is 32.2. The maximum Gasteiger partial charge on any atom is 0.248 e. The standard InChI is InChI=1S/C27H37N3O4S/c1-5-24-10-6-7-16-30(24)27(31)23-9-8-15-29(18-23)35(32,33)26-21(4)28-34-25(26)14-13-22-17-19(2)11-12-20(22)3/h11-14,17,23-24H,5-10,15-16,18H2,1-4H3/b14-13+/t23-,24-/m0/s1. The average molecular weight is 500 g/mol. The molecule has 0 spiro atoms. The summed E-state index contributed by atoms with van der Waals surface area (Å²) in [6, 6.07) is 6.40. The van der Waals surface area contributed by atoms with Crippen molar-refractivity contribution < 1.29 is 17.7 Å². The van der Waals surface area contributed by atoms with Gasteiger partial charge < -0.3 is 9.42 Å². The van der Waals surface area contributed by atoms with Crippen molar-refractivity contribution in [3.63, 3.8) is 0 Å². The molecule has 0 saturated carbocycles. The summed E-state index contributed by atoms with van der Waals surface area (Å²) >= 11 is 0. The Morgan fingerprint density at radius 3 is 2.69 bits per heavy atom. The van der Waals surface area contributed by atoms with Crippen molar-refractivity contribution in [3.05, 3.63) is 46.3 Å². The minimum atomic E-state index is -3.86. The molecule has 2 aromatic rings. The van der Waals surface area contributed by atoms with E-state index in [1.165, 1.54) is 4.31 Å². The minimum Gasteiger partial charge on any atom is -0.355 e. The van der Waals surface area contributed by atoms with Gasteiger partial charge in [0.2, 0.25) is 15.9 Å². The lowest BCUT2D eigenvalue weighted by atomic mass is 9.93. The van der Waals surface area contributed by atoms with Crippen LogP contribution in [0.2, 0.25) is 0 Å². The zero-order valence-electron chi connectivity index (χ0n) is 21.3. The van der Waals surface area contributed by atoms with Crippen LogP contribution in [0.15, 0.2) is 27.6 Å². The number of hydrogen-bond donors (Lipinski definition) is 0. The number of piperidine rings is 2. The molecule has 2 atom stereocenters. The highest BCUT2D eigenvalue weighted by Gasteiger charge is 2.39. The highest BCUT2D eigenvalue weighted by molar-refractivity contribution is 7.89. The summed E-state index contributed by atoms with van der Waals surface area (Å²) in [5.41, 5.74) is 3.55. The van der Waals surface area contributed by atoms with Crippen LogP contribution < -0.4 is 0 Å². The van der Waals surface area contributed by atoms with Crippen LogP contribution in [0.5, 0.6) is 0 Å². The Balaban J connectivity index is 1.57. The van der Waals surface area contributed by atoms with E-state index in [9.17, 15) is 13.2 Å². The fourth-order valence-electron chi connectivity index (χ4n) is 5.34. The summed E-state index contributed by atoms with van der Waals surface area (Å²) in [4.78, 5) is 15.5. The quantitative estimate of drug-likeness (QED) is 0.561. The van der Waals surface area contributed by atoms with Crippen LogP contribution in [0.4, 0.5) is 0 Å². The molecule has 2 saturated heterocycles. The Kier molecular flexibility index (Phi) is 7.81. The number of likely N-dealkylation sites (tertiary alicyclic amines) is 1. The third-order valence-corrected chi connectivity index (χ3v) is 9.42. The number of carbonyl (C=O) groups excluding carboxylic acids is 1. The maximum atomic E-state index is 13.8. The van der Waals surface area contributed by atoms with E-state index in [1.54, 1.807) is 13.0 Å². The first-order valence-electron chi connectivity index (χ1n) is 12.7. The van der Waals surface area contributed by atoms with Crippen LogP contribution in [0.25, 0.3) is 12.2 Å². The zero-order valence-corrected chi connectivity index (χ0v) is 22.1. The monoisotopic (exact) mass is 499 g/mol. The second-order valence-electron chi connectivity index (χ2n) is 9.95. The Morgan fingerprint density at radius 1 is 1.11 bits per heavy atom. The van der Waals surface area contributed by atoms with Gasteiger partial charge in [0.25, 0.3) is 0 Å². The van der Waals surface area contributed by atoms with E-state index < -0.39 is 10.0 Å². The van der Waals surface area contributed by atoms with Gasteiger partial charge in [0.05, 0.1) is 5.92 Å². The molecule has 190 valence electrons. The van der Waals surface area contributed by atoms with Gasteiger partial charge in [-0.05, 0) is 76.5 Å². The molecule has 1 aromatic heterocycles. The van der Waals surface area contributed by atoms with E-state index in [-0.39, 0.29) is 35.1 Å². The highest BCUT2D eigenvalue weighted by Crippen LogP contribution is 2.31. The number of aromatic nitrogens is 1. The molecular formula is C27H37N3O4S. The number of rotatable bonds is 6. The summed E-state index contributed by atoms with van der Waals surface area (Å²) in [6.45, 7) is 9.18. The molecule has 1 aromatic carbocycles. The van der Waals surface area contributed by atoms with E-state index in [0.29, 0.717) is 18.7 Å². The van der Waals surface area contributed by atoms with E-state index in [1.807, 2.05) is 43.0 Å². The first-order chi connectivity index (χ1) is 16.7. The van der Waals surface area contributed by atoms with E-state index in [4.69, 9.17) is 4.52 Å². The molecule has 1 amide bonds. The summed E-state index contributed by atoms with van der Waals surface area (Å²) in [5, 5.41) is 3.97. The summed E-state index contributed by atoms with van der Waals surface area (Å²) < 4.78 is 34.4. The molecule has 0 unspecified atom stereocenters. The molecule has 2 fully saturated rings. The Hall–Kier alpha value is -2.45. The Morgan fingerprint density at radius 2 is 1.91 bits per heavy atom. The smallest absolute Gasteiger partial charge is 0.248 e. The molecule has 0 N–H and O–H groups in total. The van der Waals surface area contributed by atoms with Crippen LogP contribution in [0, 0.1) is 26.7 Å². The molecule has 8 heteroatoms. The second kappa shape index (κ2) is 10.7. The van der Waals surface area contributed by atoms with Gasteiger partial charge in [-0.15, -0.1) is 0 Å². The lowest BCUT2D eigenvalue weighted by Gasteiger charge is -2.40. The number of hydrogen-bond acceptors (Lipinski definition) is 5. The van der Waals surface area contributed by atoms with Crippen molar-refractivity contribution in [1.82, 2.24) is 14.4 Å². The molecule has 0 radical (unpaired) electrons. The SMILES string of the molecule is CC[C@H]1CCCCN1C(=O)[C@H]1CCCN(S(=O)(=O)c2c(C)noc2/C=C/c2cc(C)ccc2C)C1. The Bertz CT molecular complexity index is 1200. The van der Waals surface area contributed by atoms with Gasteiger partial charge in [-0.3, -0.25) is 4.79 Å². The predicted molar refractivity (Wildman–Crippen MR) is 137 cm³/mol. The average Bonchev–Trinajstić information content (AvgIpc) is 3.25. The molecule has 2 aliphatic heterocycles. The fraction of sp³-hybridized carbons (Fsp3) is 0.556. The molecule has 35 heavy (non-hydrogen) atoms. The van der Waals surface area contributed by atoms with Crippen molar-refractivity contribution in [2.45, 2.75) is 77.2 Å². The number of sulfonamides is 1. The van der Waals surface area contributed by atoms with Gasteiger partial charge in [-0.25, -0.2) is 8.42 Å². The molecule has 0 bridgehead atoms. The van der Waals surface area contributed by atoms with Gasteiger partial charge in [0.1, 0.15) is 5.69 Å². The summed E-state index contributed by atoms with van der Waals surface area (Å²) in [5.74, 6) is 0.0206. The van der Waals surface area contributed by atoms with Crippen LogP contribution in [0.3, 0.4) is 0 Å². The van der Waals surface area contributed by atoms with Crippen LogP contribution in [0.1, 0.15) is 73.6 Å². The van der Waals surface area contributed by atoms with Crippen molar-refractivity contribution in [3.8, 4) is 0 Å². The van der Waals surface area contributed by atoms with E-state index in [0.717, 1.165) is 55.3 Å². The molecule has 3 heterocycles. The zero-order chi connectivity index (χ0) is 25.2. The van der Waals surface area contributed by atoms with Gasteiger partial charge in [0.15, 0.2) is 10.7 Å². The summed E-state index contributed by atoms with van der Waals surface area (Å²) in [7, 11) is -3.86. The van der Waals surface area contributed by atoms with Gasteiger partial charge in [-0.1, -0.05) is 41.9 Å². The predicted octanol–water partition coefficient (Wildman–Crippen LogP) is 4.96. The first-order valence-corrected chi connectivity index (χ1v) is 14.2. The maximum absolute atomic E-state index is 13.8. The largest absolute Gasteiger partial charge is 0.355 e. The Labute approximate surface area is 209 Å². The number of nitrogens with zero attached hydrogens (tertiary/aromatic N) is 3. The normalized spacial score (nSPS) is 22.1. The first kappa shape index (κ1) is 25.6. The van der Waals surface area contributed by atoms with E-state index in [2.05, 4.69) is 12.1 Å². The van der Waals surface area contributed by atoms with Gasteiger partial charge in [-0.2, -0.15) is 4.31 Å². The van der Waals surface area contributed by atoms with Crippen molar-refractivity contribution in [1.29, 1.82) is 0 Å². The van der Waals surface area contributed by atoms with E-state index >= 15 is 0 Å². The molecular weight excluding hydrogens is 462 g/mol. The third-order valence-electron chi connectivity index (χ3n) is 7.40. The van der Waals surface area contributed by atoms with Crippen molar-refractivity contribution in [2.24, 2.45) is 5.92 Å². The number of aryl methyl sites for hydroxylation is 3. The number of benzene rings is 1. The lowest BCUT2D eigenvalue weighted by molar-refractivity contribution is -0.140. The fourth-order valence-corrected chi connectivity index (χ4v) is 7.12. The van der Waals surface area contributed by atoms with Gasteiger partial charge >= 0.3 is 0 Å². The minimum absolute atomic E-state index is 0.0940. The lowest BCUT2D eigenvalue weighted by Crippen LogP contribution is -2.51. The van der Waals surface area contributed by atoms with Crippen LogP contribution in [-0.2, 0) is 14.8 Å². The summed E-state index contributed by atoms with van der Waals surface area (Å²) in [6.07, 6.45) is 9.08. The van der Waals surface area contributed by atoms with Crippen LogP contribution >= 0.6 is 0 Å². The third kappa shape index (κ3) is 5.38. The van der Waals surface area contributed by atoms with Crippen LogP contribution in [-0.4, -0.2) is 54.4 Å².